The standard InChI is InChI=1S/C24H30O8/c1-14-9-10-20(27)23(29)19(26)8-4-7-18-12-17(6-5-11-31-16(3)25)13-21(28)22(18)24(30)32-15(14)2/h4,7,9-10,12-15,19,23,26,28-29H,5-6,8,11H2,1-3H3/b7-4+,10-9-/t14-,15+,19+,23+/m1/s1. The van der Waals surface area contributed by atoms with Gasteiger partial charge in [-0.05, 0) is 49.5 Å². The monoisotopic (exact) mass is 446 g/mol. The molecule has 1 heterocycles. The predicted molar refractivity (Wildman–Crippen MR) is 117 cm³/mol. The van der Waals surface area contributed by atoms with Gasteiger partial charge in [0.05, 0.1) is 12.7 Å². The van der Waals surface area contributed by atoms with Gasteiger partial charge >= 0.3 is 11.9 Å². The van der Waals surface area contributed by atoms with Gasteiger partial charge in [-0.15, -0.1) is 0 Å². The van der Waals surface area contributed by atoms with Crippen LogP contribution in [0.15, 0.2) is 30.4 Å². The number of aliphatic hydroxyl groups excluding tert-OH is 2. The third kappa shape index (κ3) is 7.03. The Labute approximate surface area is 187 Å². The summed E-state index contributed by atoms with van der Waals surface area (Å²) >= 11 is 0. The molecule has 0 saturated heterocycles. The fourth-order valence-corrected chi connectivity index (χ4v) is 3.19. The van der Waals surface area contributed by atoms with Crippen LogP contribution in [0.5, 0.6) is 5.75 Å². The van der Waals surface area contributed by atoms with Crippen LogP contribution in [0.25, 0.3) is 6.08 Å². The van der Waals surface area contributed by atoms with E-state index in [0.29, 0.717) is 24.0 Å². The normalized spacial score (nSPS) is 26.4. The first kappa shape index (κ1) is 25.3. The van der Waals surface area contributed by atoms with Crippen LogP contribution in [0, 0.1) is 5.92 Å². The Bertz CT molecular complexity index is 902. The van der Waals surface area contributed by atoms with Crippen LogP contribution in [-0.2, 0) is 25.5 Å². The van der Waals surface area contributed by atoms with Crippen molar-refractivity contribution >= 4 is 23.8 Å². The zero-order valence-corrected chi connectivity index (χ0v) is 18.5. The number of ketones is 1. The summed E-state index contributed by atoms with van der Waals surface area (Å²) in [5, 5.41) is 30.8. The number of aliphatic hydroxyl groups is 2. The number of phenolic OH excluding ortho intramolecular Hbond substituents is 1. The van der Waals surface area contributed by atoms with Crippen molar-refractivity contribution in [3.63, 3.8) is 0 Å². The van der Waals surface area contributed by atoms with Crippen LogP contribution in [-0.4, -0.2) is 58.0 Å². The van der Waals surface area contributed by atoms with E-state index in [1.54, 1.807) is 19.9 Å². The highest BCUT2D eigenvalue weighted by Crippen LogP contribution is 2.28. The fourth-order valence-electron chi connectivity index (χ4n) is 3.19. The summed E-state index contributed by atoms with van der Waals surface area (Å²) in [7, 11) is 0. The molecule has 0 amide bonds. The predicted octanol–water partition coefficient (Wildman–Crippen LogP) is 2.33. The number of phenols is 1. The van der Waals surface area contributed by atoms with E-state index in [4.69, 9.17) is 9.47 Å². The van der Waals surface area contributed by atoms with Gasteiger partial charge in [0, 0.05) is 12.8 Å². The molecule has 174 valence electrons. The van der Waals surface area contributed by atoms with E-state index in [9.17, 15) is 29.7 Å². The molecular weight excluding hydrogens is 416 g/mol. The third-order valence-corrected chi connectivity index (χ3v) is 5.26. The summed E-state index contributed by atoms with van der Waals surface area (Å²) in [4.78, 5) is 35.8. The lowest BCUT2D eigenvalue weighted by Gasteiger charge is -2.20. The number of aromatic hydroxyl groups is 1. The molecule has 8 nitrogen and oxygen atoms in total. The molecule has 1 aromatic rings. The van der Waals surface area contributed by atoms with Crippen molar-refractivity contribution in [3.8, 4) is 5.75 Å². The van der Waals surface area contributed by atoms with E-state index in [0.717, 1.165) is 0 Å². The number of hydrogen-bond acceptors (Lipinski definition) is 8. The van der Waals surface area contributed by atoms with Gasteiger partial charge in [0.2, 0.25) is 0 Å². The molecule has 2 rings (SSSR count). The van der Waals surface area contributed by atoms with Gasteiger partial charge in [0.1, 0.15) is 23.5 Å². The lowest BCUT2D eigenvalue weighted by atomic mass is 9.97. The molecular formula is C24H30O8. The average molecular weight is 446 g/mol. The SMILES string of the molecule is CC(=O)OCCCc1cc(O)c2c(c1)/C=C/C[C@H](O)[C@H](O)C(=O)/C=C\[C@@H](C)[C@H](C)OC2=O. The molecule has 0 aromatic heterocycles. The van der Waals surface area contributed by atoms with Crippen molar-refractivity contribution in [3.05, 3.63) is 47.1 Å². The minimum atomic E-state index is -1.58. The maximum Gasteiger partial charge on any atom is 0.342 e. The van der Waals surface area contributed by atoms with E-state index in [2.05, 4.69) is 0 Å². The minimum absolute atomic E-state index is 0.0174. The van der Waals surface area contributed by atoms with Crippen LogP contribution in [0.2, 0.25) is 0 Å². The number of fused-ring (bicyclic) bond motifs is 1. The van der Waals surface area contributed by atoms with Crippen LogP contribution in [0.1, 0.15) is 55.1 Å². The molecule has 1 aromatic carbocycles. The van der Waals surface area contributed by atoms with Gasteiger partial charge in [-0.1, -0.05) is 31.2 Å². The Hall–Kier alpha value is -2.97. The highest BCUT2D eigenvalue weighted by molar-refractivity contribution is 5.97. The molecule has 1 aliphatic heterocycles. The zero-order chi connectivity index (χ0) is 23.8. The highest BCUT2D eigenvalue weighted by atomic mass is 16.5. The van der Waals surface area contributed by atoms with Crippen LogP contribution < -0.4 is 0 Å². The van der Waals surface area contributed by atoms with Crippen molar-refractivity contribution in [1.29, 1.82) is 0 Å². The Kier molecular flexibility index (Phi) is 9.16. The Balaban J connectivity index is 2.38. The molecule has 1 aliphatic rings. The lowest BCUT2D eigenvalue weighted by molar-refractivity contribution is -0.141. The van der Waals surface area contributed by atoms with Gasteiger partial charge in [0.25, 0.3) is 0 Å². The number of carbonyl (C=O) groups is 3. The molecule has 32 heavy (non-hydrogen) atoms. The van der Waals surface area contributed by atoms with E-state index in [-0.39, 0.29) is 36.2 Å². The maximum absolute atomic E-state index is 12.8. The summed E-state index contributed by atoms with van der Waals surface area (Å²) in [6, 6.07) is 3.17. The molecule has 0 bridgehead atoms. The number of carbonyl (C=O) groups excluding carboxylic acids is 3. The third-order valence-electron chi connectivity index (χ3n) is 5.26. The first-order chi connectivity index (χ1) is 15.1. The second kappa shape index (κ2) is 11.6. The molecule has 0 radical (unpaired) electrons. The number of rotatable bonds is 4. The first-order valence-electron chi connectivity index (χ1n) is 10.5. The van der Waals surface area contributed by atoms with Crippen LogP contribution >= 0.6 is 0 Å². The minimum Gasteiger partial charge on any atom is -0.507 e. The molecule has 0 unspecified atom stereocenters. The number of ether oxygens (including phenoxy) is 2. The molecule has 3 N–H and O–H groups in total. The number of esters is 2. The van der Waals surface area contributed by atoms with Crippen molar-refractivity contribution < 1.29 is 39.2 Å². The average Bonchev–Trinajstić information content (AvgIpc) is 2.72. The van der Waals surface area contributed by atoms with Crippen molar-refractivity contribution in [2.24, 2.45) is 5.92 Å². The maximum atomic E-state index is 12.8. The van der Waals surface area contributed by atoms with Gasteiger partial charge in [-0.3, -0.25) is 9.59 Å². The van der Waals surface area contributed by atoms with Gasteiger partial charge in [-0.2, -0.15) is 0 Å². The number of cyclic esters (lactones) is 1. The van der Waals surface area contributed by atoms with Crippen molar-refractivity contribution in [2.75, 3.05) is 6.61 Å². The second-order valence-corrected chi connectivity index (χ2v) is 7.90. The first-order valence-corrected chi connectivity index (χ1v) is 10.5. The molecule has 8 heteroatoms. The highest BCUT2D eigenvalue weighted by Gasteiger charge is 2.25. The Morgan fingerprint density at radius 1 is 1.19 bits per heavy atom. The number of benzene rings is 1. The van der Waals surface area contributed by atoms with Crippen LogP contribution in [0.4, 0.5) is 0 Å². The summed E-state index contributed by atoms with van der Waals surface area (Å²) in [5.41, 5.74) is 1.07. The quantitative estimate of drug-likeness (QED) is 0.475. The van der Waals surface area contributed by atoms with E-state index < -0.39 is 30.1 Å². The number of hydrogen-bond donors (Lipinski definition) is 3. The fraction of sp³-hybridized carbons (Fsp3) is 0.458. The summed E-state index contributed by atoms with van der Waals surface area (Å²) in [6.07, 6.45) is 3.18. The Morgan fingerprint density at radius 2 is 1.91 bits per heavy atom. The molecule has 0 spiro atoms. The molecule has 0 aliphatic carbocycles. The number of aryl methyl sites for hydroxylation is 1. The Morgan fingerprint density at radius 3 is 2.59 bits per heavy atom. The summed E-state index contributed by atoms with van der Waals surface area (Å²) in [6.45, 7) is 4.95. The molecule has 4 atom stereocenters. The van der Waals surface area contributed by atoms with E-state index in [1.807, 2.05) is 0 Å². The topological polar surface area (TPSA) is 130 Å². The second-order valence-electron chi connectivity index (χ2n) is 7.90. The summed E-state index contributed by atoms with van der Waals surface area (Å²) < 4.78 is 10.4. The van der Waals surface area contributed by atoms with E-state index >= 15 is 0 Å². The molecule has 0 saturated carbocycles. The largest absolute Gasteiger partial charge is 0.507 e. The lowest BCUT2D eigenvalue weighted by Crippen LogP contribution is -2.32. The van der Waals surface area contributed by atoms with Gasteiger partial charge in [0.15, 0.2) is 5.78 Å². The van der Waals surface area contributed by atoms with Crippen molar-refractivity contribution in [2.45, 2.75) is 58.3 Å². The van der Waals surface area contributed by atoms with Gasteiger partial charge in [-0.25, -0.2) is 4.79 Å². The molecule has 0 fully saturated rings. The zero-order valence-electron chi connectivity index (χ0n) is 18.5. The van der Waals surface area contributed by atoms with Crippen LogP contribution in [0.3, 0.4) is 0 Å². The van der Waals surface area contributed by atoms with E-state index in [1.165, 1.54) is 37.3 Å². The van der Waals surface area contributed by atoms with Gasteiger partial charge < -0.3 is 24.8 Å². The van der Waals surface area contributed by atoms with Crippen molar-refractivity contribution in [1.82, 2.24) is 0 Å². The summed E-state index contributed by atoms with van der Waals surface area (Å²) in [5.74, 6) is -2.33. The smallest absolute Gasteiger partial charge is 0.342 e.